The van der Waals surface area contributed by atoms with Gasteiger partial charge < -0.3 is 5.73 Å². The summed E-state index contributed by atoms with van der Waals surface area (Å²) < 4.78 is 40.5. The molecule has 6 heteroatoms. The molecule has 2 aromatic carbocycles. The lowest BCUT2D eigenvalue weighted by Gasteiger charge is -2.14. The molecule has 0 aliphatic rings. The van der Waals surface area contributed by atoms with Gasteiger partial charge in [-0.25, -0.2) is 12.8 Å². The van der Waals surface area contributed by atoms with E-state index in [1.165, 1.54) is 6.07 Å². The smallest absolute Gasteiger partial charge is 0.261 e. The van der Waals surface area contributed by atoms with Crippen LogP contribution in [0.1, 0.15) is 18.1 Å². The van der Waals surface area contributed by atoms with E-state index < -0.39 is 15.8 Å². The first-order valence-corrected chi connectivity index (χ1v) is 8.00. The fraction of sp³-hybridized carbons (Fsp3) is 0.200. The molecule has 112 valence electrons. The number of nitrogens with one attached hydrogen (secondary N) is 1. The van der Waals surface area contributed by atoms with Gasteiger partial charge in [-0.2, -0.15) is 0 Å². The Morgan fingerprint density at radius 1 is 1.24 bits per heavy atom. The SMILES string of the molecule is CCc1cccc(C)c1NS(=O)(=O)c1ccc(F)c(N)c1. The molecular formula is C15H17FN2O2S. The van der Waals surface area contributed by atoms with Gasteiger partial charge in [-0.3, -0.25) is 4.72 Å². The van der Waals surface area contributed by atoms with Gasteiger partial charge in [-0.15, -0.1) is 0 Å². The third-order valence-electron chi connectivity index (χ3n) is 3.25. The fourth-order valence-corrected chi connectivity index (χ4v) is 3.26. The summed E-state index contributed by atoms with van der Waals surface area (Å²) in [5, 5.41) is 0. The number of nitrogens with two attached hydrogens (primary N) is 1. The van der Waals surface area contributed by atoms with E-state index >= 15 is 0 Å². The Bertz CT molecular complexity index is 773. The Balaban J connectivity index is 2.44. The first-order valence-electron chi connectivity index (χ1n) is 6.51. The highest BCUT2D eigenvalue weighted by Crippen LogP contribution is 2.25. The Morgan fingerprint density at radius 2 is 1.95 bits per heavy atom. The van der Waals surface area contributed by atoms with E-state index in [0.717, 1.165) is 23.3 Å². The number of hydrogen-bond acceptors (Lipinski definition) is 3. The van der Waals surface area contributed by atoms with Gasteiger partial charge in [0.2, 0.25) is 0 Å². The zero-order valence-corrected chi connectivity index (χ0v) is 12.7. The van der Waals surface area contributed by atoms with Gasteiger partial charge in [0, 0.05) is 0 Å². The summed E-state index contributed by atoms with van der Waals surface area (Å²) in [6.45, 7) is 3.78. The maximum atomic E-state index is 13.2. The van der Waals surface area contributed by atoms with Crippen molar-refractivity contribution in [2.24, 2.45) is 0 Å². The molecule has 2 rings (SSSR count). The average molecular weight is 308 g/mol. The van der Waals surface area contributed by atoms with Crippen LogP contribution in [-0.2, 0) is 16.4 Å². The molecule has 0 saturated carbocycles. The van der Waals surface area contributed by atoms with Gasteiger partial charge in [-0.1, -0.05) is 25.1 Å². The van der Waals surface area contributed by atoms with Gasteiger partial charge >= 0.3 is 0 Å². The lowest BCUT2D eigenvalue weighted by atomic mass is 10.1. The number of sulfonamides is 1. The first kappa shape index (κ1) is 15.3. The molecule has 0 aromatic heterocycles. The number of benzene rings is 2. The number of aryl methyl sites for hydroxylation is 2. The molecule has 0 heterocycles. The van der Waals surface area contributed by atoms with Gasteiger partial charge in [0.05, 0.1) is 16.3 Å². The maximum absolute atomic E-state index is 13.2. The predicted molar refractivity (Wildman–Crippen MR) is 82.2 cm³/mol. The predicted octanol–water partition coefficient (Wildman–Crippen LogP) is 3.08. The molecule has 0 bridgehead atoms. The molecule has 3 N–H and O–H groups in total. The van der Waals surface area contributed by atoms with Crippen LogP contribution in [0.25, 0.3) is 0 Å². The largest absolute Gasteiger partial charge is 0.396 e. The van der Waals surface area contributed by atoms with Crippen molar-refractivity contribution in [2.75, 3.05) is 10.5 Å². The van der Waals surface area contributed by atoms with E-state index in [1.54, 1.807) is 0 Å². The van der Waals surface area contributed by atoms with E-state index in [0.29, 0.717) is 12.1 Å². The molecule has 0 saturated heterocycles. The monoisotopic (exact) mass is 308 g/mol. The Kier molecular flexibility index (Phi) is 4.18. The highest BCUT2D eigenvalue weighted by molar-refractivity contribution is 7.92. The van der Waals surface area contributed by atoms with Crippen LogP contribution in [0.4, 0.5) is 15.8 Å². The molecule has 0 aliphatic heterocycles. The molecule has 2 aromatic rings. The molecule has 0 aliphatic carbocycles. The standard InChI is InChI=1S/C15H17FN2O2S/c1-3-11-6-4-5-10(2)15(11)18-21(19,20)12-7-8-13(16)14(17)9-12/h4-9,18H,3,17H2,1-2H3. The molecule has 0 unspecified atom stereocenters. The lowest BCUT2D eigenvalue weighted by molar-refractivity contribution is 0.600. The van der Waals surface area contributed by atoms with E-state index in [4.69, 9.17) is 5.73 Å². The van der Waals surface area contributed by atoms with E-state index in [1.807, 2.05) is 32.0 Å². The summed E-state index contributed by atoms with van der Waals surface area (Å²) in [5.41, 5.74) is 7.52. The second kappa shape index (κ2) is 5.73. The van der Waals surface area contributed by atoms with Crippen LogP contribution in [0.3, 0.4) is 0 Å². The van der Waals surface area contributed by atoms with E-state index in [-0.39, 0.29) is 10.6 Å². The van der Waals surface area contributed by atoms with E-state index in [2.05, 4.69) is 4.72 Å². The third-order valence-corrected chi connectivity index (χ3v) is 4.60. The molecular weight excluding hydrogens is 291 g/mol. The van der Waals surface area contributed by atoms with Crippen LogP contribution in [0.15, 0.2) is 41.3 Å². The average Bonchev–Trinajstić information content (AvgIpc) is 2.43. The summed E-state index contributed by atoms with van der Waals surface area (Å²) in [5.74, 6) is -0.640. The van der Waals surface area contributed by atoms with Crippen LogP contribution in [0.2, 0.25) is 0 Å². The first-order chi connectivity index (χ1) is 9.85. The minimum Gasteiger partial charge on any atom is -0.396 e. The topological polar surface area (TPSA) is 72.2 Å². The lowest BCUT2D eigenvalue weighted by Crippen LogP contribution is -2.15. The highest BCUT2D eigenvalue weighted by atomic mass is 32.2. The zero-order chi connectivity index (χ0) is 15.6. The van der Waals surface area contributed by atoms with Gasteiger partial charge in [0.1, 0.15) is 5.82 Å². The van der Waals surface area contributed by atoms with Crippen molar-refractivity contribution < 1.29 is 12.8 Å². The number of nitrogen functional groups attached to an aromatic ring is 1. The van der Waals surface area contributed by atoms with Crippen molar-refractivity contribution in [3.05, 3.63) is 53.3 Å². The summed E-state index contributed by atoms with van der Waals surface area (Å²) in [6, 6.07) is 8.92. The highest BCUT2D eigenvalue weighted by Gasteiger charge is 2.18. The Morgan fingerprint density at radius 3 is 2.57 bits per heavy atom. The summed E-state index contributed by atoms with van der Waals surface area (Å²) in [4.78, 5) is -0.0632. The normalized spacial score (nSPS) is 11.4. The fourth-order valence-electron chi connectivity index (χ4n) is 2.05. The molecule has 0 spiro atoms. The summed E-state index contributed by atoms with van der Waals surface area (Å²) in [6.07, 6.45) is 0.699. The maximum Gasteiger partial charge on any atom is 0.261 e. The van der Waals surface area contributed by atoms with Crippen molar-refractivity contribution in [1.29, 1.82) is 0 Å². The summed E-state index contributed by atoms with van der Waals surface area (Å²) in [7, 11) is -3.80. The van der Waals surface area contributed by atoms with Crippen LogP contribution in [-0.4, -0.2) is 8.42 Å². The Hall–Kier alpha value is -2.08. The second-order valence-electron chi connectivity index (χ2n) is 4.75. The van der Waals surface area contributed by atoms with Crippen LogP contribution in [0.5, 0.6) is 0 Å². The van der Waals surface area contributed by atoms with E-state index in [9.17, 15) is 12.8 Å². The number of hydrogen-bond donors (Lipinski definition) is 2. The van der Waals surface area contributed by atoms with Crippen molar-refractivity contribution in [3.8, 4) is 0 Å². The number of para-hydroxylation sites is 1. The number of anilines is 2. The molecule has 0 radical (unpaired) electrons. The van der Waals surface area contributed by atoms with Gasteiger partial charge in [0.25, 0.3) is 10.0 Å². The minimum absolute atomic E-state index is 0.0632. The number of halogens is 1. The number of rotatable bonds is 4. The van der Waals surface area contributed by atoms with Crippen molar-refractivity contribution in [3.63, 3.8) is 0 Å². The van der Waals surface area contributed by atoms with Crippen molar-refractivity contribution in [1.82, 2.24) is 0 Å². The van der Waals surface area contributed by atoms with Crippen molar-refractivity contribution in [2.45, 2.75) is 25.2 Å². The Labute approximate surface area is 123 Å². The summed E-state index contributed by atoms with van der Waals surface area (Å²) >= 11 is 0. The molecule has 0 atom stereocenters. The van der Waals surface area contributed by atoms with Gasteiger partial charge in [-0.05, 0) is 42.7 Å². The zero-order valence-electron chi connectivity index (χ0n) is 11.9. The molecule has 21 heavy (non-hydrogen) atoms. The minimum atomic E-state index is -3.80. The van der Waals surface area contributed by atoms with Crippen LogP contribution >= 0.6 is 0 Å². The van der Waals surface area contributed by atoms with Crippen molar-refractivity contribution >= 4 is 21.4 Å². The second-order valence-corrected chi connectivity index (χ2v) is 6.43. The molecule has 0 amide bonds. The van der Waals surface area contributed by atoms with Crippen LogP contribution in [0, 0.1) is 12.7 Å². The third kappa shape index (κ3) is 3.16. The molecule has 4 nitrogen and oxygen atoms in total. The van der Waals surface area contributed by atoms with Gasteiger partial charge in [0.15, 0.2) is 0 Å². The quantitative estimate of drug-likeness (QED) is 0.853. The molecule has 0 fully saturated rings. The van der Waals surface area contributed by atoms with Crippen LogP contribution < -0.4 is 10.5 Å².